The number of esters is 1. The summed E-state index contributed by atoms with van der Waals surface area (Å²) in [6, 6.07) is 11.6. The molecule has 0 aliphatic rings. The van der Waals surface area contributed by atoms with Crippen LogP contribution in [-0.4, -0.2) is 30.3 Å². The van der Waals surface area contributed by atoms with Gasteiger partial charge >= 0.3 is 5.97 Å². The number of ether oxygens (including phenoxy) is 1. The van der Waals surface area contributed by atoms with E-state index in [1.165, 1.54) is 12.1 Å². The maximum atomic E-state index is 11.9. The highest BCUT2D eigenvalue weighted by molar-refractivity contribution is 6.30. The lowest BCUT2D eigenvalue weighted by molar-refractivity contribution is -0.148. The Morgan fingerprint density at radius 2 is 1.60 bits per heavy atom. The number of hydrogen-bond acceptors (Lipinski definition) is 5. The second-order valence-electron chi connectivity index (χ2n) is 6.47. The summed E-state index contributed by atoms with van der Waals surface area (Å²) in [6.07, 6.45) is -0.447. The molecule has 30 heavy (non-hydrogen) atoms. The highest BCUT2D eigenvalue weighted by Crippen LogP contribution is 2.17. The number of rotatable bonds is 7. The van der Waals surface area contributed by atoms with Crippen LogP contribution in [0.25, 0.3) is 0 Å². The Hall–Kier alpha value is -3.39. The highest BCUT2D eigenvalue weighted by Gasteiger charge is 2.12. The van der Waals surface area contributed by atoms with Crippen molar-refractivity contribution in [2.75, 3.05) is 11.9 Å². The Morgan fingerprint density at radius 1 is 0.900 bits per heavy atom. The van der Waals surface area contributed by atoms with Gasteiger partial charge in [0, 0.05) is 22.7 Å². The third-order valence-electron chi connectivity index (χ3n) is 4.22. The molecule has 0 atom stereocenters. The average Bonchev–Trinajstić information content (AvgIpc) is 2.72. The predicted octanol–water partition coefficient (Wildman–Crippen LogP) is 2.68. The first-order chi connectivity index (χ1) is 14.3. The first-order valence-corrected chi connectivity index (χ1v) is 9.50. The zero-order valence-corrected chi connectivity index (χ0v) is 17.3. The minimum atomic E-state index is -0.703. The normalized spacial score (nSPS) is 10.1. The van der Waals surface area contributed by atoms with E-state index in [-0.39, 0.29) is 12.8 Å². The Bertz CT molecular complexity index is 944. The summed E-state index contributed by atoms with van der Waals surface area (Å²) >= 11 is 5.74. The lowest BCUT2D eigenvalue weighted by Crippen LogP contribution is -2.41. The minimum Gasteiger partial charge on any atom is -0.456 e. The van der Waals surface area contributed by atoms with Gasteiger partial charge in [0.25, 0.3) is 11.8 Å². The van der Waals surface area contributed by atoms with Crippen molar-refractivity contribution in [1.29, 1.82) is 0 Å². The molecule has 3 N–H and O–H groups in total. The van der Waals surface area contributed by atoms with E-state index in [0.29, 0.717) is 16.3 Å². The molecule has 0 saturated carbocycles. The Labute approximate surface area is 178 Å². The number of carbonyl (C=O) groups excluding carboxylic acids is 4. The molecule has 0 aromatic heterocycles. The van der Waals surface area contributed by atoms with Crippen molar-refractivity contribution in [2.24, 2.45) is 0 Å². The number of hydrogen-bond donors (Lipinski definition) is 3. The zero-order chi connectivity index (χ0) is 22.1. The molecule has 0 spiro atoms. The van der Waals surface area contributed by atoms with Crippen LogP contribution in [0.15, 0.2) is 42.5 Å². The zero-order valence-electron chi connectivity index (χ0n) is 16.6. The van der Waals surface area contributed by atoms with E-state index < -0.39 is 30.3 Å². The third-order valence-corrected chi connectivity index (χ3v) is 4.47. The smallest absolute Gasteiger partial charge is 0.306 e. The Morgan fingerprint density at radius 3 is 2.30 bits per heavy atom. The molecule has 0 radical (unpaired) electrons. The molecule has 8 nitrogen and oxygen atoms in total. The van der Waals surface area contributed by atoms with E-state index in [2.05, 4.69) is 16.2 Å². The standard InChI is InChI=1S/C21H22ClN3O5/c1-13-4-3-5-17(14(13)2)23-19(27)12-30-20(28)11-10-18(26)24-25-21(29)15-6-8-16(22)9-7-15/h3-9H,10-12H2,1-2H3,(H,23,27)(H,24,26)(H,25,29). The van der Waals surface area contributed by atoms with Crippen LogP contribution in [0, 0.1) is 13.8 Å². The summed E-state index contributed by atoms with van der Waals surface area (Å²) in [5.74, 6) is -2.28. The fourth-order valence-electron chi connectivity index (χ4n) is 2.37. The van der Waals surface area contributed by atoms with Crippen molar-refractivity contribution < 1.29 is 23.9 Å². The van der Waals surface area contributed by atoms with Gasteiger partial charge in [-0.05, 0) is 55.3 Å². The minimum absolute atomic E-state index is 0.210. The molecular formula is C21H22ClN3O5. The SMILES string of the molecule is Cc1cccc(NC(=O)COC(=O)CCC(=O)NNC(=O)c2ccc(Cl)cc2)c1C. The quantitative estimate of drug-likeness (QED) is 0.460. The number of nitrogens with one attached hydrogen (secondary N) is 3. The van der Waals surface area contributed by atoms with Crippen LogP contribution in [0.1, 0.15) is 34.3 Å². The van der Waals surface area contributed by atoms with Gasteiger partial charge < -0.3 is 10.1 Å². The van der Waals surface area contributed by atoms with E-state index in [9.17, 15) is 19.2 Å². The summed E-state index contributed by atoms with van der Waals surface area (Å²) < 4.78 is 4.87. The first-order valence-electron chi connectivity index (χ1n) is 9.12. The summed E-state index contributed by atoms with van der Waals surface area (Å²) in [7, 11) is 0. The number of halogens is 1. The van der Waals surface area contributed by atoms with Gasteiger partial charge in [0.15, 0.2) is 6.61 Å². The number of aryl methyl sites for hydroxylation is 1. The molecule has 158 valence electrons. The number of hydrazine groups is 1. The third kappa shape index (κ3) is 7.21. The van der Waals surface area contributed by atoms with Crippen molar-refractivity contribution in [3.8, 4) is 0 Å². The van der Waals surface area contributed by atoms with Crippen molar-refractivity contribution in [2.45, 2.75) is 26.7 Å². The monoisotopic (exact) mass is 431 g/mol. The molecule has 0 heterocycles. The Kier molecular flexibility index (Phi) is 8.37. The number of benzene rings is 2. The summed E-state index contributed by atoms with van der Waals surface area (Å²) in [6.45, 7) is 3.34. The fourth-order valence-corrected chi connectivity index (χ4v) is 2.49. The highest BCUT2D eigenvalue weighted by atomic mass is 35.5. The van der Waals surface area contributed by atoms with Gasteiger partial charge in [-0.15, -0.1) is 0 Å². The molecule has 0 bridgehead atoms. The van der Waals surface area contributed by atoms with Crippen molar-refractivity contribution in [3.05, 3.63) is 64.2 Å². The molecule has 2 aromatic rings. The summed E-state index contributed by atoms with van der Waals surface area (Å²) in [5.41, 5.74) is 7.34. The van der Waals surface area contributed by atoms with Crippen LogP contribution in [0.5, 0.6) is 0 Å². The van der Waals surface area contributed by atoms with Gasteiger partial charge in [-0.1, -0.05) is 23.7 Å². The fraction of sp³-hybridized carbons (Fsp3) is 0.238. The van der Waals surface area contributed by atoms with E-state index in [1.54, 1.807) is 18.2 Å². The largest absolute Gasteiger partial charge is 0.456 e. The molecule has 0 fully saturated rings. The molecule has 3 amide bonds. The lowest BCUT2D eigenvalue weighted by atomic mass is 10.1. The van der Waals surface area contributed by atoms with Crippen molar-refractivity contribution >= 4 is 41.0 Å². The number of amides is 3. The first kappa shape index (κ1) is 22.9. The summed E-state index contributed by atoms with van der Waals surface area (Å²) in [5, 5.41) is 3.15. The van der Waals surface area contributed by atoms with Crippen LogP contribution in [-0.2, 0) is 19.1 Å². The molecule has 2 rings (SSSR count). The van der Waals surface area contributed by atoms with Crippen LogP contribution in [0.4, 0.5) is 5.69 Å². The lowest BCUT2D eigenvalue weighted by Gasteiger charge is -2.11. The van der Waals surface area contributed by atoms with Gasteiger partial charge in [-0.25, -0.2) is 0 Å². The van der Waals surface area contributed by atoms with E-state index in [1.807, 2.05) is 26.0 Å². The number of carbonyl (C=O) groups is 4. The van der Waals surface area contributed by atoms with Crippen LogP contribution >= 0.6 is 11.6 Å². The topological polar surface area (TPSA) is 114 Å². The van der Waals surface area contributed by atoms with E-state index in [4.69, 9.17) is 16.3 Å². The predicted molar refractivity (Wildman–Crippen MR) is 112 cm³/mol. The van der Waals surface area contributed by atoms with E-state index in [0.717, 1.165) is 11.1 Å². The average molecular weight is 432 g/mol. The van der Waals surface area contributed by atoms with Gasteiger partial charge in [-0.2, -0.15) is 0 Å². The molecule has 0 aliphatic heterocycles. The van der Waals surface area contributed by atoms with Crippen LogP contribution in [0.2, 0.25) is 5.02 Å². The second kappa shape index (κ2) is 11.0. The van der Waals surface area contributed by atoms with Gasteiger partial charge in [-0.3, -0.25) is 30.0 Å². The van der Waals surface area contributed by atoms with Crippen molar-refractivity contribution in [3.63, 3.8) is 0 Å². The molecular weight excluding hydrogens is 410 g/mol. The molecule has 0 saturated heterocycles. The van der Waals surface area contributed by atoms with Gasteiger partial charge in [0.2, 0.25) is 5.91 Å². The van der Waals surface area contributed by atoms with Crippen LogP contribution < -0.4 is 16.2 Å². The Balaban J connectivity index is 1.66. The molecule has 0 unspecified atom stereocenters. The molecule has 2 aromatic carbocycles. The maximum Gasteiger partial charge on any atom is 0.306 e. The summed E-state index contributed by atoms with van der Waals surface area (Å²) in [4.78, 5) is 47.3. The number of anilines is 1. The maximum absolute atomic E-state index is 11.9. The van der Waals surface area contributed by atoms with Crippen LogP contribution in [0.3, 0.4) is 0 Å². The molecule has 0 aliphatic carbocycles. The van der Waals surface area contributed by atoms with Gasteiger partial charge in [0.05, 0.1) is 6.42 Å². The van der Waals surface area contributed by atoms with Crippen molar-refractivity contribution in [1.82, 2.24) is 10.9 Å². The van der Waals surface area contributed by atoms with Gasteiger partial charge in [0.1, 0.15) is 0 Å². The second-order valence-corrected chi connectivity index (χ2v) is 6.90. The van der Waals surface area contributed by atoms with E-state index >= 15 is 0 Å². The molecule has 9 heteroatoms.